The zero-order chi connectivity index (χ0) is 14.6. The zero-order valence-corrected chi connectivity index (χ0v) is 12.2. The topological polar surface area (TPSA) is 49.8 Å². The van der Waals surface area contributed by atoms with Gasteiger partial charge in [0.15, 0.2) is 5.78 Å². The SMILES string of the molecule is CC(C)(CN1CCOCC1CO)C(=O)c1ccccc1. The summed E-state index contributed by atoms with van der Waals surface area (Å²) in [6, 6.07) is 9.38. The molecule has 0 bridgehead atoms. The van der Waals surface area contributed by atoms with Crippen molar-refractivity contribution in [2.45, 2.75) is 19.9 Å². The largest absolute Gasteiger partial charge is 0.395 e. The molecule has 0 amide bonds. The second kappa shape index (κ2) is 6.48. The molecule has 1 aliphatic heterocycles. The van der Waals surface area contributed by atoms with Gasteiger partial charge in [-0.2, -0.15) is 0 Å². The predicted molar refractivity (Wildman–Crippen MR) is 77.8 cm³/mol. The Morgan fingerprint density at radius 1 is 1.40 bits per heavy atom. The minimum Gasteiger partial charge on any atom is -0.395 e. The van der Waals surface area contributed by atoms with Crippen LogP contribution in [0.5, 0.6) is 0 Å². The molecular formula is C16H23NO3. The minimum absolute atomic E-state index is 0.00778. The molecule has 1 N–H and O–H groups in total. The lowest BCUT2D eigenvalue weighted by atomic mass is 9.83. The lowest BCUT2D eigenvalue weighted by Crippen LogP contribution is -2.52. The standard InChI is InChI=1S/C16H23NO3/c1-16(2,15(19)13-6-4-3-5-7-13)12-17-8-9-20-11-14(17)10-18/h3-7,14,18H,8-12H2,1-2H3. The van der Waals surface area contributed by atoms with Crippen LogP contribution in [0.2, 0.25) is 0 Å². The molecule has 2 rings (SSSR count). The van der Waals surface area contributed by atoms with Crippen LogP contribution in [-0.2, 0) is 4.74 Å². The first-order chi connectivity index (χ1) is 9.54. The second-order valence-corrected chi connectivity index (χ2v) is 5.96. The maximum Gasteiger partial charge on any atom is 0.169 e. The highest BCUT2D eigenvalue weighted by molar-refractivity contribution is 6.00. The molecule has 20 heavy (non-hydrogen) atoms. The number of aliphatic hydroxyl groups is 1. The molecule has 4 heteroatoms. The van der Waals surface area contributed by atoms with E-state index >= 15 is 0 Å². The van der Waals surface area contributed by atoms with Crippen LogP contribution in [-0.4, -0.2) is 54.7 Å². The first-order valence-corrected chi connectivity index (χ1v) is 7.07. The van der Waals surface area contributed by atoms with Gasteiger partial charge in [0.1, 0.15) is 0 Å². The van der Waals surface area contributed by atoms with Crippen LogP contribution in [0.4, 0.5) is 0 Å². The van der Waals surface area contributed by atoms with Gasteiger partial charge < -0.3 is 9.84 Å². The van der Waals surface area contributed by atoms with E-state index in [1.54, 1.807) is 0 Å². The van der Waals surface area contributed by atoms with Gasteiger partial charge in [0.2, 0.25) is 0 Å². The molecule has 1 aromatic rings. The quantitative estimate of drug-likeness (QED) is 0.830. The highest BCUT2D eigenvalue weighted by Gasteiger charge is 2.34. The molecule has 4 nitrogen and oxygen atoms in total. The number of ketones is 1. The van der Waals surface area contributed by atoms with E-state index in [-0.39, 0.29) is 18.4 Å². The molecule has 0 saturated carbocycles. The van der Waals surface area contributed by atoms with E-state index in [0.29, 0.717) is 19.8 Å². The van der Waals surface area contributed by atoms with Gasteiger partial charge in [0.25, 0.3) is 0 Å². The summed E-state index contributed by atoms with van der Waals surface area (Å²) in [6.45, 7) is 6.58. The third-order valence-electron chi connectivity index (χ3n) is 3.81. The molecule has 110 valence electrons. The first kappa shape index (κ1) is 15.2. The number of aliphatic hydroxyl groups excluding tert-OH is 1. The van der Waals surface area contributed by atoms with Crippen LogP contribution < -0.4 is 0 Å². The van der Waals surface area contributed by atoms with E-state index in [9.17, 15) is 9.90 Å². The van der Waals surface area contributed by atoms with Gasteiger partial charge >= 0.3 is 0 Å². The fourth-order valence-corrected chi connectivity index (χ4v) is 2.63. The maximum atomic E-state index is 12.6. The van der Waals surface area contributed by atoms with Gasteiger partial charge in [-0.3, -0.25) is 9.69 Å². The van der Waals surface area contributed by atoms with Crippen molar-refractivity contribution >= 4 is 5.78 Å². The Labute approximate surface area is 120 Å². The average molecular weight is 277 g/mol. The second-order valence-electron chi connectivity index (χ2n) is 5.96. The van der Waals surface area contributed by atoms with Crippen LogP contribution in [0.15, 0.2) is 30.3 Å². The number of carbonyl (C=O) groups excluding carboxylic acids is 1. The molecule has 0 aliphatic carbocycles. The third kappa shape index (κ3) is 3.45. The number of hydrogen-bond acceptors (Lipinski definition) is 4. The Morgan fingerprint density at radius 2 is 2.10 bits per heavy atom. The first-order valence-electron chi connectivity index (χ1n) is 7.07. The van der Waals surface area contributed by atoms with Crippen molar-refractivity contribution in [2.24, 2.45) is 5.41 Å². The van der Waals surface area contributed by atoms with Crippen LogP contribution in [0.3, 0.4) is 0 Å². The minimum atomic E-state index is -0.480. The molecule has 1 atom stereocenters. The molecule has 1 fully saturated rings. The highest BCUT2D eigenvalue weighted by Crippen LogP contribution is 2.25. The Bertz CT molecular complexity index is 444. The summed E-state index contributed by atoms with van der Waals surface area (Å²) in [7, 11) is 0. The molecule has 1 aliphatic rings. The monoisotopic (exact) mass is 277 g/mol. The number of hydrogen-bond donors (Lipinski definition) is 1. The summed E-state index contributed by atoms with van der Waals surface area (Å²) in [5.74, 6) is 0.140. The van der Waals surface area contributed by atoms with Crippen molar-refractivity contribution in [2.75, 3.05) is 32.9 Å². The summed E-state index contributed by atoms with van der Waals surface area (Å²) < 4.78 is 5.38. The number of Topliss-reactive ketones (excluding diaryl/α,β-unsaturated/α-hetero) is 1. The Kier molecular flexibility index (Phi) is 4.91. The van der Waals surface area contributed by atoms with Crippen molar-refractivity contribution < 1.29 is 14.6 Å². The molecule has 1 aromatic carbocycles. The number of carbonyl (C=O) groups is 1. The average Bonchev–Trinajstić information content (AvgIpc) is 2.47. The van der Waals surface area contributed by atoms with E-state index in [1.165, 1.54) is 0 Å². The van der Waals surface area contributed by atoms with E-state index in [1.807, 2.05) is 44.2 Å². The van der Waals surface area contributed by atoms with E-state index < -0.39 is 5.41 Å². The summed E-state index contributed by atoms with van der Waals surface area (Å²) in [5.41, 5.74) is 0.262. The van der Waals surface area contributed by atoms with Gasteiger partial charge in [0, 0.05) is 24.1 Å². The molecular weight excluding hydrogens is 254 g/mol. The van der Waals surface area contributed by atoms with E-state index in [0.717, 1.165) is 12.1 Å². The number of morpholine rings is 1. The van der Waals surface area contributed by atoms with Gasteiger partial charge in [0.05, 0.1) is 25.9 Å². The Morgan fingerprint density at radius 3 is 2.75 bits per heavy atom. The van der Waals surface area contributed by atoms with E-state index in [2.05, 4.69) is 4.90 Å². The van der Waals surface area contributed by atoms with Crippen molar-refractivity contribution in [1.82, 2.24) is 4.90 Å². The number of rotatable bonds is 5. The normalized spacial score (nSPS) is 20.9. The predicted octanol–water partition coefficient (Wildman–Crippen LogP) is 1.59. The van der Waals surface area contributed by atoms with Crippen molar-refractivity contribution in [3.8, 4) is 0 Å². The Hall–Kier alpha value is -1.23. The summed E-state index contributed by atoms with van der Waals surface area (Å²) in [5, 5.41) is 9.41. The van der Waals surface area contributed by atoms with Crippen LogP contribution in [0.1, 0.15) is 24.2 Å². The molecule has 0 radical (unpaired) electrons. The van der Waals surface area contributed by atoms with Crippen molar-refractivity contribution in [1.29, 1.82) is 0 Å². The Balaban J connectivity index is 2.08. The summed E-state index contributed by atoms with van der Waals surface area (Å²) in [6.07, 6.45) is 0. The molecule has 1 unspecified atom stereocenters. The fraction of sp³-hybridized carbons (Fsp3) is 0.562. The highest BCUT2D eigenvalue weighted by atomic mass is 16.5. The van der Waals surface area contributed by atoms with Crippen molar-refractivity contribution in [3.05, 3.63) is 35.9 Å². The number of benzene rings is 1. The van der Waals surface area contributed by atoms with Gasteiger partial charge in [-0.1, -0.05) is 44.2 Å². The lowest BCUT2D eigenvalue weighted by molar-refractivity contribution is -0.0382. The van der Waals surface area contributed by atoms with Gasteiger partial charge in [-0.15, -0.1) is 0 Å². The number of ether oxygens (including phenoxy) is 1. The molecule has 0 spiro atoms. The fourth-order valence-electron chi connectivity index (χ4n) is 2.63. The third-order valence-corrected chi connectivity index (χ3v) is 3.81. The van der Waals surface area contributed by atoms with Crippen LogP contribution in [0.25, 0.3) is 0 Å². The molecule has 1 heterocycles. The smallest absolute Gasteiger partial charge is 0.169 e. The van der Waals surface area contributed by atoms with E-state index in [4.69, 9.17) is 4.74 Å². The summed E-state index contributed by atoms with van der Waals surface area (Å²) >= 11 is 0. The van der Waals surface area contributed by atoms with Gasteiger partial charge in [-0.25, -0.2) is 0 Å². The van der Waals surface area contributed by atoms with Crippen LogP contribution in [0, 0.1) is 5.41 Å². The zero-order valence-electron chi connectivity index (χ0n) is 12.2. The van der Waals surface area contributed by atoms with Crippen LogP contribution >= 0.6 is 0 Å². The van der Waals surface area contributed by atoms with Gasteiger partial charge in [-0.05, 0) is 0 Å². The summed E-state index contributed by atoms with van der Waals surface area (Å²) in [4.78, 5) is 14.8. The molecule has 0 aromatic heterocycles. The number of nitrogens with zero attached hydrogens (tertiary/aromatic N) is 1. The molecule has 1 saturated heterocycles. The van der Waals surface area contributed by atoms with Crippen molar-refractivity contribution in [3.63, 3.8) is 0 Å². The lowest BCUT2D eigenvalue weighted by Gasteiger charge is -2.39. The maximum absolute atomic E-state index is 12.6.